The largest absolute Gasteiger partial charge is 0.481 e. The molecular weight excluding hydrogens is 448 g/mol. The molecule has 36 heavy (non-hydrogen) atoms. The number of hydrogen-bond acceptors (Lipinski definition) is 3. The van der Waals surface area contributed by atoms with Crippen LogP contribution < -0.4 is 0 Å². The van der Waals surface area contributed by atoms with Gasteiger partial charge in [0.25, 0.3) is 0 Å². The van der Waals surface area contributed by atoms with Gasteiger partial charge in [0, 0.05) is 12.3 Å². The molecule has 5 aliphatic rings. The van der Waals surface area contributed by atoms with E-state index in [2.05, 4.69) is 47.6 Å². The van der Waals surface area contributed by atoms with Crippen molar-refractivity contribution in [3.63, 3.8) is 0 Å². The topological polar surface area (TPSA) is 63.6 Å². The van der Waals surface area contributed by atoms with E-state index in [1.165, 1.54) is 25.7 Å². The first-order chi connectivity index (χ1) is 16.5. The third-order valence-electron chi connectivity index (χ3n) is 13.6. The van der Waals surface area contributed by atoms with Crippen LogP contribution in [0.4, 0.5) is 0 Å². The number of carbonyl (C=O) groups excluding carboxylic acids is 1. The van der Waals surface area contributed by atoms with Gasteiger partial charge in [-0.25, -0.2) is 0 Å². The molecule has 0 amide bonds. The number of allylic oxidation sites excluding steroid dienone is 2. The van der Waals surface area contributed by atoms with E-state index in [9.17, 15) is 14.7 Å². The zero-order valence-electron chi connectivity index (χ0n) is 24.1. The number of rotatable bonds is 2. The molecular formula is C32H50O4. The predicted octanol–water partition coefficient (Wildman–Crippen LogP) is 7.80. The molecule has 5 rings (SSSR count). The van der Waals surface area contributed by atoms with Crippen LogP contribution in [0.1, 0.15) is 120 Å². The molecule has 0 unspecified atom stereocenters. The molecule has 0 saturated heterocycles. The number of carboxylic acids is 1. The summed E-state index contributed by atoms with van der Waals surface area (Å²) in [5.41, 5.74) is 1.77. The van der Waals surface area contributed by atoms with Gasteiger partial charge in [-0.1, -0.05) is 53.2 Å². The maximum Gasteiger partial charge on any atom is 0.309 e. The van der Waals surface area contributed by atoms with Crippen LogP contribution in [0, 0.1) is 50.2 Å². The van der Waals surface area contributed by atoms with E-state index in [-0.39, 0.29) is 39.1 Å². The van der Waals surface area contributed by atoms with Crippen molar-refractivity contribution >= 4 is 11.9 Å². The molecule has 4 heteroatoms. The van der Waals surface area contributed by atoms with Crippen LogP contribution in [0.3, 0.4) is 0 Å². The molecule has 202 valence electrons. The minimum absolute atomic E-state index is 0.00837. The molecule has 4 nitrogen and oxygen atoms in total. The Labute approximate surface area is 219 Å². The SMILES string of the molecule is CC(=O)O[C@@H]1CC[C@]2(C)[C@H](CC[C@]3(C)[C@H]2CC=C2[C@H]4C[C@@](C)(C(=O)O)CC[C@]4(C)CC[C@]23C)C1(C)C. The quantitative estimate of drug-likeness (QED) is 0.311. The molecule has 0 aliphatic heterocycles. The minimum atomic E-state index is -0.614. The summed E-state index contributed by atoms with van der Waals surface area (Å²) >= 11 is 0. The summed E-state index contributed by atoms with van der Waals surface area (Å²) in [4.78, 5) is 24.2. The van der Waals surface area contributed by atoms with Crippen molar-refractivity contribution in [2.75, 3.05) is 0 Å². The molecule has 0 spiro atoms. The van der Waals surface area contributed by atoms with E-state index in [1.54, 1.807) is 12.5 Å². The van der Waals surface area contributed by atoms with Crippen molar-refractivity contribution in [2.45, 2.75) is 126 Å². The minimum Gasteiger partial charge on any atom is -0.481 e. The Hall–Kier alpha value is -1.32. The van der Waals surface area contributed by atoms with Gasteiger partial charge in [-0.3, -0.25) is 9.59 Å². The Morgan fingerprint density at radius 1 is 0.889 bits per heavy atom. The van der Waals surface area contributed by atoms with E-state index in [4.69, 9.17) is 4.74 Å². The van der Waals surface area contributed by atoms with Gasteiger partial charge in [-0.15, -0.1) is 0 Å². The van der Waals surface area contributed by atoms with E-state index >= 15 is 0 Å². The van der Waals surface area contributed by atoms with Crippen molar-refractivity contribution < 1.29 is 19.4 Å². The van der Waals surface area contributed by atoms with E-state index in [1.807, 2.05) is 6.92 Å². The van der Waals surface area contributed by atoms with Gasteiger partial charge in [0.05, 0.1) is 5.41 Å². The van der Waals surface area contributed by atoms with Gasteiger partial charge in [0.2, 0.25) is 0 Å². The second-order valence-corrected chi connectivity index (χ2v) is 15.5. The number of esters is 1. The Morgan fingerprint density at radius 3 is 2.19 bits per heavy atom. The standard InChI is InChI=1S/C32H50O4/c1-20(33)36-25-12-13-30(6)23(27(25,2)3)11-14-32(8)24(30)10-9-21-22-19-29(5,26(34)35)16-15-28(22,4)17-18-31(21,32)7/h9,22-25H,10-19H2,1-8H3,(H,34,35)/t22-,23-,24+,25-,28-,29+,30-,31-,32-/m1/s1. The normalized spacial score (nSPS) is 51.5. The zero-order chi connectivity index (χ0) is 26.5. The fourth-order valence-corrected chi connectivity index (χ4v) is 10.9. The van der Waals surface area contributed by atoms with Gasteiger partial charge < -0.3 is 9.84 Å². The van der Waals surface area contributed by atoms with Crippen LogP contribution in [-0.4, -0.2) is 23.1 Å². The Kier molecular flexibility index (Phi) is 5.74. The average molecular weight is 499 g/mol. The lowest BCUT2D eigenvalue weighted by Gasteiger charge is -2.71. The fraction of sp³-hybridized carbons (Fsp3) is 0.875. The maximum atomic E-state index is 12.3. The number of carbonyl (C=O) groups is 2. The van der Waals surface area contributed by atoms with Crippen molar-refractivity contribution in [1.29, 1.82) is 0 Å². The lowest BCUT2D eigenvalue weighted by atomic mass is 9.33. The highest BCUT2D eigenvalue weighted by atomic mass is 16.5. The van der Waals surface area contributed by atoms with Crippen LogP contribution >= 0.6 is 0 Å². The van der Waals surface area contributed by atoms with Gasteiger partial charge in [0.1, 0.15) is 6.10 Å². The summed E-state index contributed by atoms with van der Waals surface area (Å²) in [5, 5.41) is 10.1. The molecule has 9 atom stereocenters. The summed E-state index contributed by atoms with van der Waals surface area (Å²) in [7, 11) is 0. The highest BCUT2D eigenvalue weighted by molar-refractivity contribution is 5.74. The van der Waals surface area contributed by atoms with E-state index in [0.29, 0.717) is 17.8 Å². The van der Waals surface area contributed by atoms with Crippen molar-refractivity contribution in [1.82, 2.24) is 0 Å². The molecule has 5 aliphatic carbocycles. The van der Waals surface area contributed by atoms with Crippen LogP contribution in [0.15, 0.2) is 11.6 Å². The Bertz CT molecular complexity index is 996. The fourth-order valence-electron chi connectivity index (χ4n) is 10.9. The second kappa shape index (κ2) is 7.85. The summed E-state index contributed by atoms with van der Waals surface area (Å²) in [6.45, 7) is 18.4. The summed E-state index contributed by atoms with van der Waals surface area (Å²) in [6.07, 6.45) is 13.3. The van der Waals surface area contributed by atoms with Gasteiger partial charge in [-0.05, 0) is 111 Å². The third-order valence-corrected chi connectivity index (χ3v) is 13.6. The zero-order valence-corrected chi connectivity index (χ0v) is 24.1. The second-order valence-electron chi connectivity index (χ2n) is 15.5. The highest BCUT2D eigenvalue weighted by Gasteiger charge is 2.68. The van der Waals surface area contributed by atoms with Crippen LogP contribution in [0.25, 0.3) is 0 Å². The van der Waals surface area contributed by atoms with Gasteiger partial charge >= 0.3 is 11.9 Å². The van der Waals surface area contributed by atoms with E-state index in [0.717, 1.165) is 38.5 Å². The first-order valence-corrected chi connectivity index (χ1v) is 14.6. The van der Waals surface area contributed by atoms with E-state index < -0.39 is 11.4 Å². The lowest BCUT2D eigenvalue weighted by Crippen LogP contribution is -2.64. The Balaban J connectivity index is 1.53. The molecule has 4 fully saturated rings. The summed E-state index contributed by atoms with van der Waals surface area (Å²) < 4.78 is 5.88. The molecule has 4 saturated carbocycles. The molecule has 0 aromatic heterocycles. The lowest BCUT2D eigenvalue weighted by molar-refractivity contribution is -0.212. The van der Waals surface area contributed by atoms with Crippen LogP contribution in [0.2, 0.25) is 0 Å². The molecule has 0 heterocycles. The maximum absolute atomic E-state index is 12.3. The number of fused-ring (bicyclic) bond motifs is 7. The van der Waals surface area contributed by atoms with Crippen LogP contribution in [-0.2, 0) is 14.3 Å². The van der Waals surface area contributed by atoms with Gasteiger partial charge in [-0.2, -0.15) is 0 Å². The monoisotopic (exact) mass is 498 g/mol. The Morgan fingerprint density at radius 2 is 1.56 bits per heavy atom. The first kappa shape index (κ1) is 26.3. The summed E-state index contributed by atoms with van der Waals surface area (Å²) in [5.74, 6) is 0.760. The molecule has 0 bridgehead atoms. The predicted molar refractivity (Wildman–Crippen MR) is 142 cm³/mol. The van der Waals surface area contributed by atoms with Crippen molar-refractivity contribution in [3.8, 4) is 0 Å². The summed E-state index contributed by atoms with van der Waals surface area (Å²) in [6, 6.07) is 0. The highest BCUT2D eigenvalue weighted by Crippen LogP contribution is 2.75. The average Bonchev–Trinajstić information content (AvgIpc) is 2.77. The molecule has 0 radical (unpaired) electrons. The smallest absolute Gasteiger partial charge is 0.309 e. The third kappa shape index (κ3) is 3.30. The molecule has 0 aromatic carbocycles. The number of aliphatic carboxylic acids is 1. The molecule has 1 N–H and O–H groups in total. The number of hydrogen-bond donors (Lipinski definition) is 1. The van der Waals surface area contributed by atoms with Crippen LogP contribution in [0.5, 0.6) is 0 Å². The molecule has 0 aromatic rings. The van der Waals surface area contributed by atoms with Crippen molar-refractivity contribution in [2.24, 2.45) is 50.2 Å². The first-order valence-electron chi connectivity index (χ1n) is 14.6. The van der Waals surface area contributed by atoms with Gasteiger partial charge in [0.15, 0.2) is 0 Å². The number of ether oxygens (including phenoxy) is 1. The number of carboxylic acid groups (broad SMARTS) is 1. The van der Waals surface area contributed by atoms with Crippen molar-refractivity contribution in [3.05, 3.63) is 11.6 Å².